The molecule has 0 aromatic heterocycles. The van der Waals surface area contributed by atoms with Crippen molar-refractivity contribution in [1.82, 2.24) is 15.5 Å². The Morgan fingerprint density at radius 3 is 2.44 bits per heavy atom. The zero-order chi connectivity index (χ0) is 22.9. The summed E-state index contributed by atoms with van der Waals surface area (Å²) in [5, 5.41) is 5.84. The predicted molar refractivity (Wildman–Crippen MR) is 121 cm³/mol. The van der Waals surface area contributed by atoms with Gasteiger partial charge in [0.2, 0.25) is 5.91 Å². The Morgan fingerprint density at radius 1 is 1.06 bits per heavy atom. The van der Waals surface area contributed by atoms with Crippen LogP contribution in [-0.2, 0) is 16.0 Å². The highest BCUT2D eigenvalue weighted by molar-refractivity contribution is 6.04. The van der Waals surface area contributed by atoms with Gasteiger partial charge in [0.25, 0.3) is 5.91 Å². The van der Waals surface area contributed by atoms with E-state index in [-0.39, 0.29) is 30.8 Å². The van der Waals surface area contributed by atoms with Crippen molar-refractivity contribution in [1.29, 1.82) is 0 Å². The monoisotopic (exact) mass is 445 g/mol. The lowest BCUT2D eigenvalue weighted by Gasteiger charge is -2.21. The third kappa shape index (κ3) is 6.37. The van der Waals surface area contributed by atoms with Crippen molar-refractivity contribution in [3.8, 4) is 11.5 Å². The first kappa shape index (κ1) is 23.9. The third-order valence-corrected chi connectivity index (χ3v) is 6.31. The first-order valence-corrected chi connectivity index (χ1v) is 11.6. The van der Waals surface area contributed by atoms with Gasteiger partial charge in [0, 0.05) is 19.0 Å². The van der Waals surface area contributed by atoms with Crippen LogP contribution in [0.3, 0.4) is 0 Å². The minimum absolute atomic E-state index is 0.0404. The van der Waals surface area contributed by atoms with Crippen LogP contribution < -0.4 is 20.1 Å². The average molecular weight is 446 g/mol. The molecular weight excluding hydrogens is 410 g/mol. The standard InChI is InChI=1S/C24H35N3O5/c1-31-20-12-10-17(16-21(20)32-2)14-15-27-23(29)19(26-24(27)30)11-13-22(28)25-18-8-6-4-3-5-7-9-18/h10,12,16,18-19H,3-9,11,13-15H2,1-2H3,(H,25,28)(H,26,30)/t19-/m1/s1. The summed E-state index contributed by atoms with van der Waals surface area (Å²) in [6.07, 6.45) is 9.15. The lowest BCUT2D eigenvalue weighted by Crippen LogP contribution is -2.37. The molecule has 1 aliphatic heterocycles. The van der Waals surface area contributed by atoms with Crippen molar-refractivity contribution in [2.24, 2.45) is 0 Å². The molecular formula is C24H35N3O5. The second-order valence-electron chi connectivity index (χ2n) is 8.58. The highest BCUT2D eigenvalue weighted by Crippen LogP contribution is 2.28. The lowest BCUT2D eigenvalue weighted by atomic mass is 9.96. The van der Waals surface area contributed by atoms with Gasteiger partial charge in [0.05, 0.1) is 14.2 Å². The smallest absolute Gasteiger partial charge is 0.324 e. The molecule has 176 valence electrons. The van der Waals surface area contributed by atoms with Crippen molar-refractivity contribution in [3.05, 3.63) is 23.8 Å². The second-order valence-corrected chi connectivity index (χ2v) is 8.58. The van der Waals surface area contributed by atoms with E-state index >= 15 is 0 Å². The van der Waals surface area contributed by atoms with Gasteiger partial charge in [-0.1, -0.05) is 38.2 Å². The number of ether oxygens (including phenoxy) is 2. The number of benzene rings is 1. The molecule has 2 aliphatic rings. The SMILES string of the molecule is COc1ccc(CCN2C(=O)N[C@H](CCC(=O)NC3CCCCCCC3)C2=O)cc1OC. The number of hydrogen-bond acceptors (Lipinski definition) is 5. The summed E-state index contributed by atoms with van der Waals surface area (Å²) >= 11 is 0. The number of amides is 4. The van der Waals surface area contributed by atoms with Crippen molar-refractivity contribution >= 4 is 17.8 Å². The Bertz CT molecular complexity index is 805. The molecule has 1 aromatic carbocycles. The first-order chi connectivity index (χ1) is 15.5. The van der Waals surface area contributed by atoms with Crippen LogP contribution in [-0.4, -0.2) is 55.6 Å². The van der Waals surface area contributed by atoms with Crippen LogP contribution in [0.25, 0.3) is 0 Å². The van der Waals surface area contributed by atoms with E-state index in [1.165, 1.54) is 24.2 Å². The Labute approximate surface area is 190 Å². The number of imide groups is 1. The van der Waals surface area contributed by atoms with Gasteiger partial charge in [0.1, 0.15) is 6.04 Å². The summed E-state index contributed by atoms with van der Waals surface area (Å²) in [6, 6.07) is 4.72. The van der Waals surface area contributed by atoms with Gasteiger partial charge in [-0.15, -0.1) is 0 Å². The molecule has 3 rings (SSSR count). The van der Waals surface area contributed by atoms with E-state index in [1.54, 1.807) is 20.3 Å². The lowest BCUT2D eigenvalue weighted by molar-refractivity contribution is -0.127. The number of urea groups is 1. The molecule has 32 heavy (non-hydrogen) atoms. The summed E-state index contributed by atoms with van der Waals surface area (Å²) in [4.78, 5) is 38.7. The second kappa shape index (κ2) is 11.7. The molecule has 2 fully saturated rings. The molecule has 1 aliphatic carbocycles. The van der Waals surface area contributed by atoms with Crippen LogP contribution in [0.2, 0.25) is 0 Å². The zero-order valence-corrected chi connectivity index (χ0v) is 19.2. The molecule has 0 radical (unpaired) electrons. The predicted octanol–water partition coefficient (Wildman–Crippen LogP) is 3.18. The van der Waals surface area contributed by atoms with Gasteiger partial charge >= 0.3 is 6.03 Å². The van der Waals surface area contributed by atoms with Crippen LogP contribution in [0, 0.1) is 0 Å². The van der Waals surface area contributed by atoms with Gasteiger partial charge in [0.15, 0.2) is 11.5 Å². The molecule has 1 saturated carbocycles. The van der Waals surface area contributed by atoms with Crippen molar-refractivity contribution < 1.29 is 23.9 Å². The van der Waals surface area contributed by atoms with Crippen LogP contribution in [0.15, 0.2) is 18.2 Å². The van der Waals surface area contributed by atoms with Gasteiger partial charge in [-0.2, -0.15) is 0 Å². The van der Waals surface area contributed by atoms with E-state index in [2.05, 4.69) is 10.6 Å². The molecule has 1 saturated heterocycles. The third-order valence-electron chi connectivity index (χ3n) is 6.31. The highest BCUT2D eigenvalue weighted by Gasteiger charge is 2.37. The van der Waals surface area contributed by atoms with Crippen molar-refractivity contribution in [2.45, 2.75) is 76.3 Å². The van der Waals surface area contributed by atoms with Crippen LogP contribution in [0.1, 0.15) is 63.4 Å². The number of rotatable bonds is 9. The van der Waals surface area contributed by atoms with Crippen molar-refractivity contribution in [3.63, 3.8) is 0 Å². The van der Waals surface area contributed by atoms with E-state index in [1.807, 2.05) is 12.1 Å². The number of carbonyl (C=O) groups excluding carboxylic acids is 3. The maximum absolute atomic E-state index is 12.7. The Morgan fingerprint density at radius 2 is 1.75 bits per heavy atom. The number of nitrogens with one attached hydrogen (secondary N) is 2. The van der Waals surface area contributed by atoms with Crippen LogP contribution in [0.5, 0.6) is 11.5 Å². The van der Waals surface area contributed by atoms with E-state index in [4.69, 9.17) is 9.47 Å². The van der Waals surface area contributed by atoms with E-state index in [0.29, 0.717) is 24.3 Å². The number of methoxy groups -OCH3 is 2. The fourth-order valence-corrected chi connectivity index (χ4v) is 4.44. The normalized spacial score (nSPS) is 19.8. The van der Waals surface area contributed by atoms with Crippen molar-refractivity contribution in [2.75, 3.05) is 20.8 Å². The number of carbonyl (C=O) groups is 3. The quantitative estimate of drug-likeness (QED) is 0.569. The Balaban J connectivity index is 1.46. The van der Waals surface area contributed by atoms with Gasteiger partial charge in [-0.25, -0.2) is 4.79 Å². The maximum Gasteiger partial charge on any atom is 0.324 e. The molecule has 1 heterocycles. The van der Waals surface area contributed by atoms with E-state index < -0.39 is 12.1 Å². The topological polar surface area (TPSA) is 97.0 Å². The summed E-state index contributed by atoms with van der Waals surface area (Å²) in [5.74, 6) is 0.926. The first-order valence-electron chi connectivity index (χ1n) is 11.6. The fourth-order valence-electron chi connectivity index (χ4n) is 4.44. The largest absolute Gasteiger partial charge is 0.493 e. The summed E-state index contributed by atoms with van der Waals surface area (Å²) in [6.45, 7) is 0.269. The van der Waals surface area contributed by atoms with Gasteiger partial charge < -0.3 is 20.1 Å². The molecule has 2 N–H and O–H groups in total. The molecule has 8 nitrogen and oxygen atoms in total. The zero-order valence-electron chi connectivity index (χ0n) is 19.2. The fraction of sp³-hybridized carbons (Fsp3) is 0.625. The van der Waals surface area contributed by atoms with Crippen LogP contribution in [0.4, 0.5) is 4.79 Å². The molecule has 0 spiro atoms. The van der Waals surface area contributed by atoms with E-state index in [0.717, 1.165) is 31.2 Å². The summed E-state index contributed by atoms with van der Waals surface area (Å²) < 4.78 is 10.5. The molecule has 1 atom stereocenters. The number of hydrogen-bond donors (Lipinski definition) is 2. The highest BCUT2D eigenvalue weighted by atomic mass is 16.5. The average Bonchev–Trinajstić information content (AvgIpc) is 3.04. The Hall–Kier alpha value is -2.77. The number of nitrogens with zero attached hydrogens (tertiary/aromatic N) is 1. The summed E-state index contributed by atoms with van der Waals surface area (Å²) in [7, 11) is 3.14. The molecule has 0 unspecified atom stereocenters. The minimum Gasteiger partial charge on any atom is -0.493 e. The van der Waals surface area contributed by atoms with Crippen LogP contribution >= 0.6 is 0 Å². The Kier molecular flexibility index (Phi) is 8.76. The van der Waals surface area contributed by atoms with E-state index in [9.17, 15) is 14.4 Å². The maximum atomic E-state index is 12.7. The van der Waals surface area contributed by atoms with Gasteiger partial charge in [-0.05, 0) is 43.4 Å². The molecule has 4 amide bonds. The van der Waals surface area contributed by atoms with Gasteiger partial charge in [-0.3, -0.25) is 14.5 Å². The molecule has 8 heteroatoms. The summed E-state index contributed by atoms with van der Waals surface area (Å²) in [5.41, 5.74) is 0.935. The minimum atomic E-state index is -0.643. The molecule has 1 aromatic rings. The molecule has 0 bridgehead atoms.